The molecule has 0 saturated heterocycles. The highest BCUT2D eigenvalue weighted by Gasteiger charge is 2.23. The molecule has 5 heteroatoms. The quantitative estimate of drug-likeness (QED) is 0.770. The first-order valence-corrected chi connectivity index (χ1v) is 7.46. The smallest absolute Gasteiger partial charge is 0.307 e. The first-order valence-electron chi connectivity index (χ1n) is 7.46. The molecule has 0 aliphatic rings. The number of pyridine rings is 1. The predicted octanol–water partition coefficient (Wildman–Crippen LogP) is 2.85. The Morgan fingerprint density at radius 2 is 1.91 bits per heavy atom. The summed E-state index contributed by atoms with van der Waals surface area (Å²) in [5.74, 6) is -0.493. The number of benzene rings is 1. The first-order chi connectivity index (χ1) is 11.1. The van der Waals surface area contributed by atoms with Crippen molar-refractivity contribution in [2.45, 2.75) is 19.4 Å². The van der Waals surface area contributed by atoms with Crippen LogP contribution in [-0.2, 0) is 9.53 Å². The molecule has 2 aromatic rings. The lowest BCUT2D eigenvalue weighted by Crippen LogP contribution is -2.35. The molecule has 1 unspecified atom stereocenters. The van der Waals surface area contributed by atoms with Crippen LogP contribution in [-0.4, -0.2) is 35.4 Å². The molecule has 23 heavy (non-hydrogen) atoms. The normalized spacial score (nSPS) is 11.6. The molecule has 1 heterocycles. The number of carbonyl (C=O) groups excluding carboxylic acids is 2. The fraction of sp³-hybridized carbons (Fsp3) is 0.278. The van der Waals surface area contributed by atoms with E-state index in [9.17, 15) is 9.59 Å². The van der Waals surface area contributed by atoms with Crippen molar-refractivity contribution in [1.82, 2.24) is 9.88 Å². The number of rotatable bonds is 6. The molecule has 0 aliphatic heterocycles. The van der Waals surface area contributed by atoms with Crippen molar-refractivity contribution in [3.63, 3.8) is 0 Å². The molecule has 0 saturated carbocycles. The summed E-state index contributed by atoms with van der Waals surface area (Å²) in [7, 11) is 1.34. The largest absolute Gasteiger partial charge is 0.469 e. The van der Waals surface area contributed by atoms with Crippen molar-refractivity contribution in [2.75, 3.05) is 13.7 Å². The average molecular weight is 312 g/mol. The van der Waals surface area contributed by atoms with Gasteiger partial charge in [-0.25, -0.2) is 0 Å². The number of methoxy groups -OCH3 is 1. The molecule has 0 spiro atoms. The minimum atomic E-state index is -0.339. The molecule has 0 bridgehead atoms. The van der Waals surface area contributed by atoms with E-state index in [-0.39, 0.29) is 30.9 Å². The van der Waals surface area contributed by atoms with Crippen molar-refractivity contribution in [1.29, 1.82) is 0 Å². The van der Waals surface area contributed by atoms with Crippen LogP contribution in [0.15, 0.2) is 54.9 Å². The van der Waals surface area contributed by atoms with Gasteiger partial charge in [-0.15, -0.1) is 0 Å². The zero-order valence-corrected chi connectivity index (χ0v) is 13.3. The molecule has 1 aromatic heterocycles. The summed E-state index contributed by atoms with van der Waals surface area (Å²) in [5.41, 5.74) is 1.51. The number of esters is 1. The van der Waals surface area contributed by atoms with Crippen LogP contribution in [0.3, 0.4) is 0 Å². The van der Waals surface area contributed by atoms with E-state index >= 15 is 0 Å². The minimum absolute atomic E-state index is 0.152. The van der Waals surface area contributed by atoms with Crippen molar-refractivity contribution in [3.05, 3.63) is 66.0 Å². The van der Waals surface area contributed by atoms with Crippen molar-refractivity contribution in [3.8, 4) is 0 Å². The summed E-state index contributed by atoms with van der Waals surface area (Å²) in [6, 6.07) is 13.0. The maximum absolute atomic E-state index is 12.8. The second-order valence-corrected chi connectivity index (χ2v) is 5.15. The Morgan fingerprint density at radius 3 is 2.52 bits per heavy atom. The van der Waals surface area contributed by atoms with Gasteiger partial charge in [0.1, 0.15) is 0 Å². The lowest BCUT2D eigenvalue weighted by atomic mass is 10.1. The van der Waals surface area contributed by atoms with E-state index in [2.05, 4.69) is 9.72 Å². The zero-order valence-electron chi connectivity index (χ0n) is 13.3. The molecule has 5 nitrogen and oxygen atoms in total. The predicted molar refractivity (Wildman–Crippen MR) is 86.8 cm³/mol. The second kappa shape index (κ2) is 8.08. The molecular weight excluding hydrogens is 292 g/mol. The summed E-state index contributed by atoms with van der Waals surface area (Å²) >= 11 is 0. The molecule has 0 aliphatic carbocycles. The van der Waals surface area contributed by atoms with Crippen LogP contribution < -0.4 is 0 Å². The number of aromatic nitrogens is 1. The highest BCUT2D eigenvalue weighted by molar-refractivity contribution is 5.94. The molecule has 1 atom stereocenters. The van der Waals surface area contributed by atoms with E-state index in [1.807, 2.05) is 37.3 Å². The van der Waals surface area contributed by atoms with Gasteiger partial charge < -0.3 is 9.64 Å². The average Bonchev–Trinajstić information content (AvgIpc) is 2.62. The van der Waals surface area contributed by atoms with Gasteiger partial charge in [0.25, 0.3) is 5.91 Å². The van der Waals surface area contributed by atoms with Crippen molar-refractivity contribution >= 4 is 11.9 Å². The number of nitrogens with zero attached hydrogens (tertiary/aromatic N) is 2. The fourth-order valence-corrected chi connectivity index (χ4v) is 2.35. The van der Waals surface area contributed by atoms with Crippen LogP contribution in [0.1, 0.15) is 35.3 Å². The summed E-state index contributed by atoms with van der Waals surface area (Å²) in [5, 5.41) is 0. The first kappa shape index (κ1) is 16.7. The number of hydrogen-bond donors (Lipinski definition) is 0. The van der Waals surface area contributed by atoms with E-state index in [4.69, 9.17) is 0 Å². The monoisotopic (exact) mass is 312 g/mol. The molecule has 120 valence electrons. The molecular formula is C18H20N2O3. The Balaban J connectivity index is 2.24. The maximum Gasteiger partial charge on any atom is 0.307 e. The lowest BCUT2D eigenvalue weighted by molar-refractivity contribution is -0.140. The fourth-order valence-electron chi connectivity index (χ4n) is 2.35. The zero-order chi connectivity index (χ0) is 16.7. The van der Waals surface area contributed by atoms with Crippen LogP contribution in [0.2, 0.25) is 0 Å². The van der Waals surface area contributed by atoms with Gasteiger partial charge in [0.2, 0.25) is 0 Å². The van der Waals surface area contributed by atoms with Gasteiger partial charge in [0.15, 0.2) is 0 Å². The topological polar surface area (TPSA) is 59.5 Å². The van der Waals surface area contributed by atoms with Gasteiger partial charge in [-0.2, -0.15) is 0 Å². The summed E-state index contributed by atoms with van der Waals surface area (Å²) in [4.78, 5) is 29.9. The maximum atomic E-state index is 12.8. The standard InChI is InChI=1S/C18H20N2O3/c1-14(15-7-4-3-5-8-15)20(12-10-17(21)23-2)18(22)16-9-6-11-19-13-16/h3-9,11,13-14H,10,12H2,1-2H3. The number of amides is 1. The summed E-state index contributed by atoms with van der Waals surface area (Å²) in [6.07, 6.45) is 3.31. The van der Waals surface area contributed by atoms with Crippen molar-refractivity contribution in [2.24, 2.45) is 0 Å². The van der Waals surface area contributed by atoms with E-state index < -0.39 is 0 Å². The molecule has 0 radical (unpaired) electrons. The van der Waals surface area contributed by atoms with Crippen LogP contribution >= 0.6 is 0 Å². The number of carbonyl (C=O) groups is 2. The summed E-state index contributed by atoms with van der Waals surface area (Å²) in [6.45, 7) is 2.23. The lowest BCUT2D eigenvalue weighted by Gasteiger charge is -2.29. The molecule has 0 fully saturated rings. The third-order valence-corrected chi connectivity index (χ3v) is 3.70. The molecule has 0 N–H and O–H groups in total. The van der Waals surface area contributed by atoms with Gasteiger partial charge in [0, 0.05) is 18.9 Å². The SMILES string of the molecule is COC(=O)CCN(C(=O)c1cccnc1)C(C)c1ccccc1. The third-order valence-electron chi connectivity index (χ3n) is 3.70. The molecule has 2 rings (SSSR count). The van der Waals surface area contributed by atoms with Crippen molar-refractivity contribution < 1.29 is 14.3 Å². The van der Waals surface area contributed by atoms with Crippen LogP contribution in [0, 0.1) is 0 Å². The molecule has 1 aromatic carbocycles. The van der Waals surface area contributed by atoms with Crippen LogP contribution in [0.4, 0.5) is 0 Å². The minimum Gasteiger partial charge on any atom is -0.469 e. The van der Waals surface area contributed by atoms with Gasteiger partial charge in [-0.3, -0.25) is 14.6 Å². The van der Waals surface area contributed by atoms with Gasteiger partial charge in [0.05, 0.1) is 25.1 Å². The van der Waals surface area contributed by atoms with Crippen LogP contribution in [0.5, 0.6) is 0 Å². The molecule has 1 amide bonds. The van der Waals surface area contributed by atoms with Crippen LogP contribution in [0.25, 0.3) is 0 Å². The van der Waals surface area contributed by atoms with Gasteiger partial charge in [-0.05, 0) is 24.6 Å². The highest BCUT2D eigenvalue weighted by Crippen LogP contribution is 2.22. The second-order valence-electron chi connectivity index (χ2n) is 5.15. The Bertz CT molecular complexity index is 644. The van der Waals surface area contributed by atoms with Gasteiger partial charge in [-0.1, -0.05) is 30.3 Å². The van der Waals surface area contributed by atoms with E-state index in [1.54, 1.807) is 23.2 Å². The Morgan fingerprint density at radius 1 is 1.17 bits per heavy atom. The number of ether oxygens (including phenoxy) is 1. The van der Waals surface area contributed by atoms with E-state index in [0.717, 1.165) is 5.56 Å². The highest BCUT2D eigenvalue weighted by atomic mass is 16.5. The van der Waals surface area contributed by atoms with E-state index in [0.29, 0.717) is 5.56 Å². The number of hydrogen-bond acceptors (Lipinski definition) is 4. The van der Waals surface area contributed by atoms with Gasteiger partial charge >= 0.3 is 5.97 Å². The Hall–Kier alpha value is -2.69. The summed E-state index contributed by atoms with van der Waals surface area (Å²) < 4.78 is 4.68. The Kier molecular flexibility index (Phi) is 5.86. The third kappa shape index (κ3) is 4.39. The Labute approximate surface area is 135 Å². The van der Waals surface area contributed by atoms with E-state index in [1.165, 1.54) is 13.3 Å².